The Balaban J connectivity index is 1.61. The zero-order valence-electron chi connectivity index (χ0n) is 12.6. The Bertz CT molecular complexity index is 590. The van der Waals surface area contributed by atoms with E-state index in [1.54, 1.807) is 0 Å². The predicted octanol–water partition coefficient (Wildman–Crippen LogP) is 2.79. The highest BCUT2D eigenvalue weighted by atomic mass is 15.2. The van der Waals surface area contributed by atoms with Crippen LogP contribution in [0, 0.1) is 0 Å². The topological polar surface area (TPSA) is 32.6 Å². The predicted molar refractivity (Wildman–Crippen MR) is 86.1 cm³/mol. The fourth-order valence-corrected chi connectivity index (χ4v) is 3.71. The molecule has 1 aliphatic carbocycles. The van der Waals surface area contributed by atoms with Crippen LogP contribution >= 0.6 is 0 Å². The van der Waals surface area contributed by atoms with Crippen LogP contribution in [0.5, 0.6) is 0 Å². The molecule has 3 heterocycles. The van der Waals surface area contributed by atoms with E-state index in [0.29, 0.717) is 5.92 Å². The molecule has 112 valence electrons. The molecule has 1 N–H and O–H groups in total. The second kappa shape index (κ2) is 5.68. The molecular formula is C17H24N4. The molecule has 0 atom stereocenters. The highest BCUT2D eigenvalue weighted by molar-refractivity contribution is 5.57. The van der Waals surface area contributed by atoms with Gasteiger partial charge in [0.25, 0.3) is 0 Å². The van der Waals surface area contributed by atoms with Gasteiger partial charge in [-0.3, -0.25) is 0 Å². The summed E-state index contributed by atoms with van der Waals surface area (Å²) in [7, 11) is 0. The average molecular weight is 284 g/mol. The summed E-state index contributed by atoms with van der Waals surface area (Å²) in [5, 5.41) is 3.41. The van der Waals surface area contributed by atoms with Crippen LogP contribution in [0.2, 0.25) is 0 Å². The molecule has 0 aromatic carbocycles. The molecule has 2 aromatic heterocycles. The molecule has 0 bridgehead atoms. The van der Waals surface area contributed by atoms with E-state index in [1.165, 1.54) is 43.5 Å². The quantitative estimate of drug-likeness (QED) is 0.920. The van der Waals surface area contributed by atoms with Gasteiger partial charge in [-0.15, -0.1) is 0 Å². The lowest BCUT2D eigenvalue weighted by atomic mass is 9.87. The van der Waals surface area contributed by atoms with Gasteiger partial charge in [0.15, 0.2) is 0 Å². The lowest BCUT2D eigenvalue weighted by Crippen LogP contribution is -2.43. The van der Waals surface area contributed by atoms with Gasteiger partial charge >= 0.3 is 0 Å². The maximum Gasteiger partial charge on any atom is 0.139 e. The maximum absolute atomic E-state index is 4.91. The first kappa shape index (κ1) is 13.1. The molecule has 0 amide bonds. The molecule has 4 rings (SSSR count). The molecule has 0 unspecified atom stereocenters. The molecule has 1 saturated carbocycles. The van der Waals surface area contributed by atoms with Crippen LogP contribution in [0.4, 0.5) is 5.69 Å². The Hall–Kier alpha value is -1.55. The van der Waals surface area contributed by atoms with Crippen molar-refractivity contribution in [2.45, 2.75) is 38.0 Å². The van der Waals surface area contributed by atoms with Crippen molar-refractivity contribution in [1.82, 2.24) is 14.7 Å². The smallest absolute Gasteiger partial charge is 0.139 e. The van der Waals surface area contributed by atoms with E-state index in [2.05, 4.69) is 39.1 Å². The van der Waals surface area contributed by atoms with Gasteiger partial charge in [0.1, 0.15) is 5.65 Å². The maximum atomic E-state index is 4.91. The number of hydrogen-bond donors (Lipinski definition) is 1. The van der Waals surface area contributed by atoms with Crippen molar-refractivity contribution in [2.75, 3.05) is 31.1 Å². The lowest BCUT2D eigenvalue weighted by Gasteiger charge is -2.29. The zero-order chi connectivity index (χ0) is 14.1. The van der Waals surface area contributed by atoms with Crippen molar-refractivity contribution in [3.8, 4) is 0 Å². The number of imidazole rings is 1. The fourth-order valence-electron chi connectivity index (χ4n) is 3.71. The fraction of sp³-hybridized carbons (Fsp3) is 0.588. The highest BCUT2D eigenvalue weighted by Crippen LogP contribution is 2.32. The van der Waals surface area contributed by atoms with Gasteiger partial charge in [0.2, 0.25) is 0 Å². The van der Waals surface area contributed by atoms with E-state index in [9.17, 15) is 0 Å². The molecule has 21 heavy (non-hydrogen) atoms. The minimum Gasteiger partial charge on any atom is -0.369 e. The minimum atomic E-state index is 0.682. The summed E-state index contributed by atoms with van der Waals surface area (Å²) in [5.41, 5.74) is 3.71. The first-order chi connectivity index (χ1) is 10.4. The Morgan fingerprint density at radius 1 is 1.10 bits per heavy atom. The standard InChI is InChI=1S/C17H24N4/c1-2-4-14(5-3-1)16-13-21-9-6-15(12-17(21)19-16)20-10-7-18-8-11-20/h6,9,12-14,18H,1-5,7-8,10-11H2. The summed E-state index contributed by atoms with van der Waals surface area (Å²) >= 11 is 0. The van der Waals surface area contributed by atoms with Crippen molar-refractivity contribution in [2.24, 2.45) is 0 Å². The van der Waals surface area contributed by atoms with Crippen LogP contribution < -0.4 is 10.2 Å². The summed E-state index contributed by atoms with van der Waals surface area (Å²) in [6.07, 6.45) is 11.2. The van der Waals surface area contributed by atoms with Crippen LogP contribution in [0.15, 0.2) is 24.5 Å². The normalized spacial score (nSPS) is 21.0. The van der Waals surface area contributed by atoms with Gasteiger partial charge in [-0.2, -0.15) is 0 Å². The summed E-state index contributed by atoms with van der Waals surface area (Å²) in [5.74, 6) is 0.682. The van der Waals surface area contributed by atoms with E-state index in [0.717, 1.165) is 31.8 Å². The van der Waals surface area contributed by atoms with Gasteiger partial charge < -0.3 is 14.6 Å². The van der Waals surface area contributed by atoms with Gasteiger partial charge in [0, 0.05) is 56.2 Å². The van der Waals surface area contributed by atoms with Gasteiger partial charge in [-0.1, -0.05) is 19.3 Å². The average Bonchev–Trinajstić information content (AvgIpc) is 2.99. The summed E-state index contributed by atoms with van der Waals surface area (Å²) < 4.78 is 2.19. The van der Waals surface area contributed by atoms with Gasteiger partial charge in [0.05, 0.1) is 5.69 Å². The number of hydrogen-bond acceptors (Lipinski definition) is 3. The monoisotopic (exact) mass is 284 g/mol. The van der Waals surface area contributed by atoms with Crippen molar-refractivity contribution in [3.05, 3.63) is 30.2 Å². The number of piperazine rings is 1. The van der Waals surface area contributed by atoms with Crippen molar-refractivity contribution in [3.63, 3.8) is 0 Å². The largest absolute Gasteiger partial charge is 0.369 e. The van der Waals surface area contributed by atoms with Crippen molar-refractivity contribution < 1.29 is 0 Å². The van der Waals surface area contributed by atoms with Gasteiger partial charge in [-0.25, -0.2) is 4.98 Å². The number of pyridine rings is 1. The van der Waals surface area contributed by atoms with Crippen LogP contribution in [0.3, 0.4) is 0 Å². The molecule has 0 radical (unpaired) electrons. The molecule has 2 aliphatic rings. The van der Waals surface area contributed by atoms with E-state index in [4.69, 9.17) is 4.98 Å². The van der Waals surface area contributed by atoms with Crippen LogP contribution in [0.1, 0.15) is 43.7 Å². The first-order valence-electron chi connectivity index (χ1n) is 8.34. The van der Waals surface area contributed by atoms with E-state index >= 15 is 0 Å². The van der Waals surface area contributed by atoms with E-state index < -0.39 is 0 Å². The third kappa shape index (κ3) is 2.64. The Labute approximate surface area is 126 Å². The number of nitrogens with one attached hydrogen (secondary N) is 1. The van der Waals surface area contributed by atoms with Crippen molar-refractivity contribution in [1.29, 1.82) is 0 Å². The summed E-state index contributed by atoms with van der Waals surface area (Å²) in [6, 6.07) is 4.47. The Kier molecular flexibility index (Phi) is 3.55. The number of anilines is 1. The van der Waals surface area contributed by atoms with Crippen LogP contribution in [0.25, 0.3) is 5.65 Å². The number of fused-ring (bicyclic) bond motifs is 1. The van der Waals surface area contributed by atoms with Gasteiger partial charge in [-0.05, 0) is 18.9 Å². The highest BCUT2D eigenvalue weighted by Gasteiger charge is 2.19. The molecule has 1 aliphatic heterocycles. The molecule has 1 saturated heterocycles. The number of nitrogens with zero attached hydrogens (tertiary/aromatic N) is 3. The first-order valence-corrected chi connectivity index (χ1v) is 8.34. The van der Waals surface area contributed by atoms with E-state index in [-0.39, 0.29) is 0 Å². The Morgan fingerprint density at radius 3 is 2.71 bits per heavy atom. The molecule has 2 aromatic rings. The SMILES string of the molecule is c1cn2cc(C3CCCCC3)nc2cc1N1CCNCC1. The minimum absolute atomic E-state index is 0.682. The van der Waals surface area contributed by atoms with Crippen molar-refractivity contribution >= 4 is 11.3 Å². The zero-order valence-corrected chi connectivity index (χ0v) is 12.6. The molecular weight excluding hydrogens is 260 g/mol. The molecule has 4 nitrogen and oxygen atoms in total. The van der Waals surface area contributed by atoms with E-state index in [1.807, 2.05) is 0 Å². The molecule has 4 heteroatoms. The summed E-state index contributed by atoms with van der Waals surface area (Å²) in [6.45, 7) is 4.33. The second-order valence-electron chi connectivity index (χ2n) is 6.39. The third-order valence-corrected chi connectivity index (χ3v) is 4.97. The molecule has 2 fully saturated rings. The number of aromatic nitrogens is 2. The second-order valence-corrected chi connectivity index (χ2v) is 6.39. The Morgan fingerprint density at radius 2 is 1.90 bits per heavy atom. The van der Waals surface area contributed by atoms with Crippen LogP contribution in [-0.4, -0.2) is 35.6 Å². The van der Waals surface area contributed by atoms with Crippen LogP contribution in [-0.2, 0) is 0 Å². The lowest BCUT2D eigenvalue weighted by molar-refractivity contribution is 0.438. The third-order valence-electron chi connectivity index (χ3n) is 4.97. The number of rotatable bonds is 2. The summed E-state index contributed by atoms with van der Waals surface area (Å²) in [4.78, 5) is 7.36. The molecule has 0 spiro atoms.